The Labute approximate surface area is 189 Å². The van der Waals surface area contributed by atoms with Gasteiger partial charge in [0, 0.05) is 44.5 Å². The molecule has 3 aromatic rings. The van der Waals surface area contributed by atoms with Crippen LogP contribution in [0.25, 0.3) is 0 Å². The van der Waals surface area contributed by atoms with Crippen molar-refractivity contribution in [1.82, 2.24) is 4.90 Å². The van der Waals surface area contributed by atoms with Gasteiger partial charge >= 0.3 is 0 Å². The van der Waals surface area contributed by atoms with Crippen LogP contribution in [0.5, 0.6) is 23.0 Å². The topological polar surface area (TPSA) is 54.4 Å². The molecule has 0 amide bonds. The molecule has 0 spiro atoms. The molecule has 1 fully saturated rings. The lowest BCUT2D eigenvalue weighted by molar-refractivity contribution is 0.0663. The van der Waals surface area contributed by atoms with Crippen LogP contribution in [0, 0.1) is 0 Å². The Morgan fingerprint density at radius 1 is 0.781 bits per heavy atom. The van der Waals surface area contributed by atoms with Gasteiger partial charge in [-0.15, -0.1) is 0 Å². The molecule has 6 nitrogen and oxygen atoms in total. The Kier molecular flexibility index (Phi) is 7.48. The zero-order valence-corrected chi connectivity index (χ0v) is 18.4. The Balaban J connectivity index is 1.19. The van der Waals surface area contributed by atoms with Crippen LogP contribution in [0.3, 0.4) is 0 Å². The first-order valence-electron chi connectivity index (χ1n) is 10.9. The summed E-state index contributed by atoms with van der Waals surface area (Å²) in [5.74, 6) is 3.13. The monoisotopic (exact) mass is 434 g/mol. The first-order chi connectivity index (χ1) is 15.7. The summed E-state index contributed by atoms with van der Waals surface area (Å²) in [7, 11) is 1.69. The van der Waals surface area contributed by atoms with Crippen LogP contribution in [-0.4, -0.2) is 62.6 Å². The molecule has 4 rings (SSSR count). The zero-order valence-electron chi connectivity index (χ0n) is 18.4. The molecule has 32 heavy (non-hydrogen) atoms. The van der Waals surface area contributed by atoms with Crippen molar-refractivity contribution in [1.29, 1.82) is 0 Å². The molecule has 0 saturated carbocycles. The second kappa shape index (κ2) is 10.9. The number of β-amino-alcohol motifs (C(OH)–C–C–N with tert-alkyl or cyclic N) is 1. The maximum Gasteiger partial charge on any atom is 0.127 e. The third kappa shape index (κ3) is 6.15. The van der Waals surface area contributed by atoms with Gasteiger partial charge in [-0.2, -0.15) is 0 Å². The van der Waals surface area contributed by atoms with Crippen molar-refractivity contribution in [2.24, 2.45) is 0 Å². The highest BCUT2D eigenvalue weighted by Gasteiger charge is 2.20. The molecule has 1 atom stereocenters. The summed E-state index contributed by atoms with van der Waals surface area (Å²) >= 11 is 0. The van der Waals surface area contributed by atoms with Gasteiger partial charge < -0.3 is 24.2 Å². The third-order valence-corrected chi connectivity index (χ3v) is 5.50. The number of hydrogen-bond donors (Lipinski definition) is 1. The fraction of sp³-hybridized carbons (Fsp3) is 0.308. The third-order valence-electron chi connectivity index (χ3n) is 5.50. The molecular weight excluding hydrogens is 404 g/mol. The summed E-state index contributed by atoms with van der Waals surface area (Å²) in [6.45, 7) is 4.50. The van der Waals surface area contributed by atoms with E-state index in [1.165, 1.54) is 5.69 Å². The summed E-state index contributed by atoms with van der Waals surface area (Å²) in [5.41, 5.74) is 1.17. The highest BCUT2D eigenvalue weighted by Crippen LogP contribution is 2.24. The van der Waals surface area contributed by atoms with Crippen molar-refractivity contribution < 1.29 is 19.3 Å². The Morgan fingerprint density at radius 2 is 1.44 bits per heavy atom. The van der Waals surface area contributed by atoms with E-state index in [9.17, 15) is 5.11 Å². The molecule has 0 bridgehead atoms. The van der Waals surface area contributed by atoms with Gasteiger partial charge in [0.05, 0.1) is 7.11 Å². The van der Waals surface area contributed by atoms with Crippen molar-refractivity contribution in [3.05, 3.63) is 78.9 Å². The van der Waals surface area contributed by atoms with E-state index >= 15 is 0 Å². The first-order valence-corrected chi connectivity index (χ1v) is 10.9. The number of piperazine rings is 1. The van der Waals surface area contributed by atoms with E-state index < -0.39 is 6.10 Å². The largest absolute Gasteiger partial charge is 0.497 e. The van der Waals surface area contributed by atoms with E-state index in [-0.39, 0.29) is 6.61 Å². The van der Waals surface area contributed by atoms with Gasteiger partial charge in [-0.3, -0.25) is 4.90 Å². The van der Waals surface area contributed by atoms with Gasteiger partial charge in [0.15, 0.2) is 0 Å². The van der Waals surface area contributed by atoms with Crippen molar-refractivity contribution in [3.8, 4) is 23.0 Å². The lowest BCUT2D eigenvalue weighted by atomic mass is 10.2. The quantitative estimate of drug-likeness (QED) is 0.548. The van der Waals surface area contributed by atoms with Gasteiger partial charge in [-0.25, -0.2) is 0 Å². The molecule has 1 aliphatic rings. The molecule has 1 N–H and O–H groups in total. The number of methoxy groups -OCH3 is 1. The minimum atomic E-state index is -0.543. The SMILES string of the molecule is COc1cccc(N2CCN(CC(O)COc3ccc(Oc4ccccc4)cc3)CC2)c1. The van der Waals surface area contributed by atoms with Crippen LogP contribution in [0.2, 0.25) is 0 Å². The summed E-state index contributed by atoms with van der Waals surface area (Å²) in [6.07, 6.45) is -0.543. The van der Waals surface area contributed by atoms with Crippen LogP contribution in [0.15, 0.2) is 78.9 Å². The summed E-state index contributed by atoms with van der Waals surface area (Å²) in [5, 5.41) is 10.4. The average molecular weight is 435 g/mol. The zero-order chi connectivity index (χ0) is 22.2. The van der Waals surface area contributed by atoms with Gasteiger partial charge in [-0.1, -0.05) is 24.3 Å². The van der Waals surface area contributed by atoms with Crippen molar-refractivity contribution >= 4 is 5.69 Å². The van der Waals surface area contributed by atoms with Crippen LogP contribution in [0.4, 0.5) is 5.69 Å². The highest BCUT2D eigenvalue weighted by atomic mass is 16.5. The fourth-order valence-electron chi connectivity index (χ4n) is 3.77. The normalized spacial score (nSPS) is 15.2. The van der Waals surface area contributed by atoms with Gasteiger partial charge in [0.2, 0.25) is 0 Å². The number of aliphatic hydroxyl groups is 1. The number of ether oxygens (including phenoxy) is 3. The van der Waals surface area contributed by atoms with Gasteiger partial charge in [0.25, 0.3) is 0 Å². The second-order valence-corrected chi connectivity index (χ2v) is 7.84. The number of anilines is 1. The maximum atomic E-state index is 10.4. The van der Waals surface area contributed by atoms with Crippen molar-refractivity contribution in [2.45, 2.75) is 6.10 Å². The number of benzene rings is 3. The first kappa shape index (κ1) is 22.0. The average Bonchev–Trinajstić information content (AvgIpc) is 2.85. The van der Waals surface area contributed by atoms with Crippen LogP contribution >= 0.6 is 0 Å². The molecule has 1 saturated heterocycles. The molecule has 3 aromatic carbocycles. The smallest absolute Gasteiger partial charge is 0.127 e. The van der Waals surface area contributed by atoms with E-state index in [1.807, 2.05) is 66.7 Å². The number of hydrogen-bond acceptors (Lipinski definition) is 6. The Morgan fingerprint density at radius 3 is 2.16 bits per heavy atom. The van der Waals surface area contributed by atoms with E-state index in [1.54, 1.807) is 7.11 Å². The lowest BCUT2D eigenvalue weighted by Crippen LogP contribution is -2.49. The van der Waals surface area contributed by atoms with E-state index in [0.29, 0.717) is 12.3 Å². The maximum absolute atomic E-state index is 10.4. The van der Waals surface area contributed by atoms with E-state index in [2.05, 4.69) is 21.9 Å². The number of nitrogens with zero attached hydrogens (tertiary/aromatic N) is 2. The van der Waals surface area contributed by atoms with Gasteiger partial charge in [0.1, 0.15) is 35.7 Å². The number of aliphatic hydroxyl groups excluding tert-OH is 1. The molecule has 1 aliphatic heterocycles. The van der Waals surface area contributed by atoms with Crippen molar-refractivity contribution in [2.75, 3.05) is 51.3 Å². The Bertz CT molecular complexity index is 957. The summed E-state index contributed by atoms with van der Waals surface area (Å²) < 4.78 is 16.9. The molecule has 1 heterocycles. The predicted octanol–water partition coefficient (Wildman–Crippen LogP) is 4.05. The molecule has 0 radical (unpaired) electrons. The molecule has 168 valence electrons. The molecule has 1 unspecified atom stereocenters. The summed E-state index contributed by atoms with van der Waals surface area (Å²) in [6, 6.07) is 25.3. The molecule has 0 aliphatic carbocycles. The fourth-order valence-corrected chi connectivity index (χ4v) is 3.77. The van der Waals surface area contributed by atoms with E-state index in [4.69, 9.17) is 14.2 Å². The van der Waals surface area contributed by atoms with Crippen LogP contribution in [-0.2, 0) is 0 Å². The highest BCUT2D eigenvalue weighted by molar-refractivity contribution is 5.51. The second-order valence-electron chi connectivity index (χ2n) is 7.84. The lowest BCUT2D eigenvalue weighted by Gasteiger charge is -2.37. The predicted molar refractivity (Wildman–Crippen MR) is 126 cm³/mol. The minimum absolute atomic E-state index is 0.259. The Hall–Kier alpha value is -3.22. The minimum Gasteiger partial charge on any atom is -0.497 e. The number of para-hydroxylation sites is 1. The molecular formula is C26H30N2O4. The van der Waals surface area contributed by atoms with Crippen LogP contribution in [0.1, 0.15) is 0 Å². The van der Waals surface area contributed by atoms with Crippen molar-refractivity contribution in [3.63, 3.8) is 0 Å². The standard InChI is InChI=1S/C26H30N2O4/c1-30-26-9-5-6-21(18-26)28-16-14-27(15-17-28)19-22(29)20-31-23-10-12-25(13-11-23)32-24-7-3-2-4-8-24/h2-13,18,22,29H,14-17,19-20H2,1H3. The molecule has 0 aromatic heterocycles. The van der Waals surface area contributed by atoms with Crippen LogP contribution < -0.4 is 19.1 Å². The number of rotatable bonds is 9. The summed E-state index contributed by atoms with van der Waals surface area (Å²) in [4.78, 5) is 4.63. The van der Waals surface area contributed by atoms with E-state index in [0.717, 1.165) is 43.4 Å². The van der Waals surface area contributed by atoms with Gasteiger partial charge in [-0.05, 0) is 48.5 Å². The molecule has 6 heteroatoms.